The number of imidazole rings is 1. The normalized spacial score (nSPS) is 18.8. The predicted molar refractivity (Wildman–Crippen MR) is 108 cm³/mol. The number of fused-ring (bicyclic) bond motifs is 1. The van der Waals surface area contributed by atoms with Gasteiger partial charge >= 0.3 is 6.03 Å². The lowest BCUT2D eigenvalue weighted by Crippen LogP contribution is -2.49. The van der Waals surface area contributed by atoms with Crippen LogP contribution in [-0.2, 0) is 16.0 Å². The number of carbonyl (C=O) groups excluding carboxylic acids is 3. The van der Waals surface area contributed by atoms with E-state index in [9.17, 15) is 14.4 Å². The molecule has 0 unspecified atom stereocenters. The molecule has 0 atom stereocenters. The highest BCUT2D eigenvalue weighted by Gasteiger charge is 2.55. The Morgan fingerprint density at radius 3 is 2.72 bits per heavy atom. The van der Waals surface area contributed by atoms with Gasteiger partial charge in [0.1, 0.15) is 17.9 Å². The van der Waals surface area contributed by atoms with Gasteiger partial charge in [-0.15, -0.1) is 0 Å². The number of urea groups is 1. The lowest BCUT2D eigenvalue weighted by atomic mass is 9.81. The van der Waals surface area contributed by atoms with E-state index in [0.717, 1.165) is 47.4 Å². The summed E-state index contributed by atoms with van der Waals surface area (Å²) in [7, 11) is 1.68. The van der Waals surface area contributed by atoms with E-state index in [-0.39, 0.29) is 24.4 Å². The van der Waals surface area contributed by atoms with Gasteiger partial charge in [-0.1, -0.05) is 31.4 Å². The van der Waals surface area contributed by atoms with Gasteiger partial charge in [0.15, 0.2) is 0 Å². The predicted octanol–water partition coefficient (Wildman–Crippen LogP) is 2.21. The zero-order valence-corrected chi connectivity index (χ0v) is 16.7. The van der Waals surface area contributed by atoms with Crippen LogP contribution >= 0.6 is 0 Å². The van der Waals surface area contributed by atoms with Crippen molar-refractivity contribution >= 4 is 28.9 Å². The van der Waals surface area contributed by atoms with Gasteiger partial charge in [0.05, 0.1) is 11.0 Å². The Bertz CT molecular complexity index is 898. The molecule has 2 heterocycles. The summed E-state index contributed by atoms with van der Waals surface area (Å²) in [5.74, 6) is 0.353. The number of carbonyl (C=O) groups is 3. The lowest BCUT2D eigenvalue weighted by molar-refractivity contribution is -0.137. The van der Waals surface area contributed by atoms with Crippen LogP contribution in [0.1, 0.15) is 44.3 Å². The highest BCUT2D eigenvalue weighted by atomic mass is 16.2. The minimum Gasteiger partial charge on any atom is -0.355 e. The molecule has 1 aliphatic carbocycles. The van der Waals surface area contributed by atoms with Crippen LogP contribution in [0.4, 0.5) is 4.79 Å². The van der Waals surface area contributed by atoms with Crippen LogP contribution in [-0.4, -0.2) is 63.3 Å². The van der Waals surface area contributed by atoms with Crippen molar-refractivity contribution in [2.24, 2.45) is 0 Å². The van der Waals surface area contributed by atoms with E-state index in [4.69, 9.17) is 0 Å². The van der Waals surface area contributed by atoms with Crippen molar-refractivity contribution in [3.05, 3.63) is 30.1 Å². The van der Waals surface area contributed by atoms with Gasteiger partial charge in [0.25, 0.3) is 5.91 Å². The highest BCUT2D eigenvalue weighted by molar-refractivity contribution is 6.08. The smallest absolute Gasteiger partial charge is 0.327 e. The quantitative estimate of drug-likeness (QED) is 0.577. The molecule has 2 N–H and O–H groups in total. The van der Waals surface area contributed by atoms with Gasteiger partial charge in [-0.3, -0.25) is 14.5 Å². The van der Waals surface area contributed by atoms with Crippen LogP contribution in [0.25, 0.3) is 11.0 Å². The van der Waals surface area contributed by atoms with Crippen LogP contribution in [0.5, 0.6) is 0 Å². The third-order valence-corrected chi connectivity index (χ3v) is 6.14. The van der Waals surface area contributed by atoms with Crippen molar-refractivity contribution in [3.8, 4) is 0 Å². The molecule has 1 spiro atoms. The highest BCUT2D eigenvalue weighted by Crippen LogP contribution is 2.39. The van der Waals surface area contributed by atoms with E-state index in [2.05, 4.69) is 15.3 Å². The van der Waals surface area contributed by atoms with Gasteiger partial charge in [-0.05, 0) is 31.4 Å². The molecule has 1 aromatic heterocycles. The first-order chi connectivity index (χ1) is 14.0. The van der Waals surface area contributed by atoms with Gasteiger partial charge in [0.2, 0.25) is 5.91 Å². The van der Waals surface area contributed by atoms with E-state index in [1.54, 1.807) is 11.9 Å². The standard InChI is InChI=1S/C21H27N5O3/c1-25-20(29)26(19(28)21(25)11-5-2-6-12-21)14-18(27)22-13-7-10-17-23-15-8-3-4-9-16(15)24-17/h3-4,8-9H,2,5-7,10-14H2,1H3,(H,22,27)(H,23,24). The Balaban J connectivity index is 1.27. The van der Waals surface area contributed by atoms with E-state index < -0.39 is 5.54 Å². The van der Waals surface area contributed by atoms with Crippen molar-refractivity contribution in [3.63, 3.8) is 0 Å². The van der Waals surface area contributed by atoms with Crippen LogP contribution in [0.3, 0.4) is 0 Å². The fourth-order valence-corrected chi connectivity index (χ4v) is 4.48. The minimum atomic E-state index is -0.739. The van der Waals surface area contributed by atoms with Crippen molar-refractivity contribution in [1.29, 1.82) is 0 Å². The molecule has 0 bridgehead atoms. The fourth-order valence-electron chi connectivity index (χ4n) is 4.48. The number of aromatic nitrogens is 2. The summed E-state index contributed by atoms with van der Waals surface area (Å²) in [5.41, 5.74) is 1.19. The minimum absolute atomic E-state index is 0.214. The second kappa shape index (κ2) is 7.85. The topological polar surface area (TPSA) is 98.4 Å². The zero-order chi connectivity index (χ0) is 20.4. The number of amides is 4. The van der Waals surface area contributed by atoms with Crippen LogP contribution < -0.4 is 5.32 Å². The van der Waals surface area contributed by atoms with Crippen LogP contribution in [0.15, 0.2) is 24.3 Å². The number of hydrogen-bond acceptors (Lipinski definition) is 4. The first-order valence-corrected chi connectivity index (χ1v) is 10.3. The van der Waals surface area contributed by atoms with Crippen molar-refractivity contribution in [2.45, 2.75) is 50.5 Å². The third kappa shape index (κ3) is 3.59. The molecule has 8 nitrogen and oxygen atoms in total. The summed E-state index contributed by atoms with van der Waals surface area (Å²) in [5, 5.41) is 2.82. The molecule has 4 rings (SSSR count). The Morgan fingerprint density at radius 1 is 1.21 bits per heavy atom. The van der Waals surface area contributed by atoms with Crippen molar-refractivity contribution in [2.75, 3.05) is 20.1 Å². The fraction of sp³-hybridized carbons (Fsp3) is 0.524. The second-order valence-corrected chi connectivity index (χ2v) is 7.98. The molecule has 29 heavy (non-hydrogen) atoms. The van der Waals surface area contributed by atoms with Gasteiger partial charge < -0.3 is 15.2 Å². The molecule has 4 amide bonds. The number of aryl methyl sites for hydroxylation is 1. The molecular weight excluding hydrogens is 370 g/mol. The Hall–Kier alpha value is -2.90. The second-order valence-electron chi connectivity index (χ2n) is 7.98. The van der Waals surface area contributed by atoms with Gasteiger partial charge in [-0.2, -0.15) is 0 Å². The maximum Gasteiger partial charge on any atom is 0.327 e. The van der Waals surface area contributed by atoms with Crippen molar-refractivity contribution < 1.29 is 14.4 Å². The summed E-state index contributed by atoms with van der Waals surface area (Å²) in [6.07, 6.45) is 5.76. The number of benzene rings is 1. The van der Waals surface area contributed by atoms with Crippen molar-refractivity contribution in [1.82, 2.24) is 25.1 Å². The maximum absolute atomic E-state index is 12.9. The monoisotopic (exact) mass is 397 g/mol. The molecule has 1 saturated heterocycles. The molecule has 154 valence electrons. The summed E-state index contributed by atoms with van der Waals surface area (Å²) in [6, 6.07) is 7.48. The number of rotatable bonds is 6. The van der Waals surface area contributed by atoms with E-state index in [1.807, 2.05) is 24.3 Å². The number of hydrogen-bond donors (Lipinski definition) is 2. The SMILES string of the molecule is CN1C(=O)N(CC(=O)NCCCc2nc3ccccc3[nH]2)C(=O)C12CCCCC2. The number of likely N-dealkylation sites (N-methyl/N-ethyl adjacent to an activating group) is 1. The number of H-pyrrole nitrogens is 1. The Morgan fingerprint density at radius 2 is 1.97 bits per heavy atom. The Labute approximate surface area is 169 Å². The molecule has 0 radical (unpaired) electrons. The number of para-hydroxylation sites is 2. The molecule has 8 heteroatoms. The molecule has 2 aromatic rings. The molecule has 1 saturated carbocycles. The average molecular weight is 397 g/mol. The van der Waals surface area contributed by atoms with E-state index in [1.165, 1.54) is 0 Å². The first kappa shape index (κ1) is 19.4. The summed E-state index contributed by atoms with van der Waals surface area (Å²) in [4.78, 5) is 48.2. The first-order valence-electron chi connectivity index (χ1n) is 10.3. The van der Waals surface area contributed by atoms with E-state index >= 15 is 0 Å². The molecule has 2 aliphatic rings. The molecule has 1 aliphatic heterocycles. The number of nitrogens with zero attached hydrogens (tertiary/aromatic N) is 3. The largest absolute Gasteiger partial charge is 0.355 e. The third-order valence-electron chi connectivity index (χ3n) is 6.14. The number of imide groups is 1. The molecular formula is C21H27N5O3. The maximum atomic E-state index is 12.9. The number of aromatic amines is 1. The summed E-state index contributed by atoms with van der Waals surface area (Å²) in [6.45, 7) is 0.251. The number of nitrogens with one attached hydrogen (secondary N) is 2. The van der Waals surface area contributed by atoms with Gasteiger partial charge in [-0.25, -0.2) is 9.78 Å². The summed E-state index contributed by atoms with van der Waals surface area (Å²) >= 11 is 0. The van der Waals surface area contributed by atoms with E-state index in [0.29, 0.717) is 25.8 Å². The van der Waals surface area contributed by atoms with Crippen LogP contribution in [0, 0.1) is 0 Å². The molecule has 2 fully saturated rings. The zero-order valence-electron chi connectivity index (χ0n) is 16.7. The summed E-state index contributed by atoms with van der Waals surface area (Å²) < 4.78 is 0. The van der Waals surface area contributed by atoms with Gasteiger partial charge in [0, 0.05) is 20.0 Å². The Kier molecular flexibility index (Phi) is 5.25. The lowest BCUT2D eigenvalue weighted by Gasteiger charge is -2.35. The van der Waals surface area contributed by atoms with Crippen LogP contribution in [0.2, 0.25) is 0 Å². The molecule has 1 aromatic carbocycles. The average Bonchev–Trinajstić information content (AvgIpc) is 3.22.